The lowest BCUT2D eigenvalue weighted by Gasteiger charge is -2.06. The van der Waals surface area contributed by atoms with Crippen LogP contribution < -0.4 is 9.47 Å². The van der Waals surface area contributed by atoms with Crippen LogP contribution in [0, 0.1) is 0 Å². The summed E-state index contributed by atoms with van der Waals surface area (Å²) in [5.74, 6) is 1.62. The molecule has 0 saturated heterocycles. The molecule has 0 N–H and O–H groups in total. The van der Waals surface area contributed by atoms with E-state index in [1.165, 1.54) is 10.2 Å². The first-order chi connectivity index (χ1) is 5.81. The van der Waals surface area contributed by atoms with E-state index in [1.807, 2.05) is 18.2 Å². The van der Waals surface area contributed by atoms with Crippen molar-refractivity contribution in [1.82, 2.24) is 0 Å². The molecule has 0 bridgehead atoms. The van der Waals surface area contributed by atoms with Gasteiger partial charge in [0.1, 0.15) is 11.5 Å². The van der Waals surface area contributed by atoms with Crippen molar-refractivity contribution in [1.29, 1.82) is 0 Å². The van der Waals surface area contributed by atoms with Crippen LogP contribution in [0.2, 0.25) is 0 Å². The summed E-state index contributed by atoms with van der Waals surface area (Å²) in [7, 11) is 4.75. The van der Waals surface area contributed by atoms with Gasteiger partial charge in [0.25, 0.3) is 0 Å². The smallest absolute Gasteiger partial charge is 0.136 e. The third kappa shape index (κ3) is 2.08. The summed E-state index contributed by atoms with van der Waals surface area (Å²) < 4.78 is 10.2. The fraction of sp³-hybridized carbons (Fsp3) is 0.250. The number of hydrogen-bond donors (Lipinski definition) is 0. The monoisotopic (exact) mass is 248 g/mol. The number of rotatable bonds is 3. The zero-order valence-electron chi connectivity index (χ0n) is 6.83. The Morgan fingerprint density at radius 2 is 2.00 bits per heavy atom. The van der Waals surface area contributed by atoms with E-state index in [0.717, 1.165) is 16.4 Å². The van der Waals surface area contributed by atoms with E-state index < -0.39 is 0 Å². The van der Waals surface area contributed by atoms with Crippen LogP contribution in [0.4, 0.5) is 0 Å². The van der Waals surface area contributed by atoms with Crippen LogP contribution in [0.25, 0.3) is 0 Å². The van der Waals surface area contributed by atoms with Crippen LogP contribution in [0.5, 0.6) is 11.5 Å². The summed E-state index contributed by atoms with van der Waals surface area (Å²) in [5.41, 5.74) is 0. The van der Waals surface area contributed by atoms with Gasteiger partial charge >= 0.3 is 0 Å². The van der Waals surface area contributed by atoms with E-state index in [9.17, 15) is 0 Å². The van der Waals surface area contributed by atoms with Crippen molar-refractivity contribution >= 4 is 25.0 Å². The summed E-state index contributed by atoms with van der Waals surface area (Å²) in [4.78, 5) is 1.04. The molecule has 1 aromatic rings. The van der Waals surface area contributed by atoms with Gasteiger partial charge in [-0.2, -0.15) is 0 Å². The van der Waals surface area contributed by atoms with E-state index in [2.05, 4.69) is 14.8 Å². The van der Waals surface area contributed by atoms with Crippen LogP contribution in [0.15, 0.2) is 23.1 Å². The maximum atomic E-state index is 5.15. The predicted molar refractivity (Wildman–Crippen MR) is 54.3 cm³/mol. The van der Waals surface area contributed by atoms with Gasteiger partial charge in [-0.25, -0.2) is 0 Å². The molecular weight excluding hydrogens is 240 g/mol. The molecule has 2 nitrogen and oxygen atoms in total. The van der Waals surface area contributed by atoms with Gasteiger partial charge in [-0.3, -0.25) is 0 Å². The highest BCUT2D eigenvalue weighted by Gasteiger charge is 2.03. The lowest BCUT2D eigenvalue weighted by molar-refractivity contribution is 0.387. The average molecular weight is 249 g/mol. The first kappa shape index (κ1) is 9.74. The van der Waals surface area contributed by atoms with Crippen molar-refractivity contribution in [2.75, 3.05) is 14.2 Å². The van der Waals surface area contributed by atoms with Gasteiger partial charge in [0.15, 0.2) is 0 Å². The SMILES string of the molecule is COc1ccc(SBr)c(OC)c1. The van der Waals surface area contributed by atoms with Crippen LogP contribution in [-0.2, 0) is 0 Å². The molecule has 0 fully saturated rings. The van der Waals surface area contributed by atoms with E-state index in [4.69, 9.17) is 9.47 Å². The zero-order valence-corrected chi connectivity index (χ0v) is 9.24. The van der Waals surface area contributed by atoms with Crippen molar-refractivity contribution in [2.45, 2.75) is 4.90 Å². The summed E-state index contributed by atoms with van der Waals surface area (Å²) in [6, 6.07) is 5.69. The molecule has 0 aliphatic rings. The van der Waals surface area contributed by atoms with Gasteiger partial charge in [-0.05, 0) is 37.1 Å². The Balaban J connectivity index is 3.02. The minimum absolute atomic E-state index is 0.803. The number of benzene rings is 1. The first-order valence-corrected chi connectivity index (χ1v) is 5.98. The number of ether oxygens (including phenoxy) is 2. The Bertz CT molecular complexity index is 265. The standard InChI is InChI=1S/C8H9BrO2S/c1-10-6-3-4-8(12-9)7(5-6)11-2/h3-5H,1-2H3. The zero-order chi connectivity index (χ0) is 8.97. The molecule has 66 valence electrons. The summed E-state index contributed by atoms with van der Waals surface area (Å²) in [5, 5.41) is 0. The average Bonchev–Trinajstić information content (AvgIpc) is 2.16. The molecule has 0 aromatic heterocycles. The molecule has 0 saturated carbocycles. The van der Waals surface area contributed by atoms with E-state index in [1.54, 1.807) is 14.2 Å². The maximum absolute atomic E-state index is 5.15. The molecule has 0 unspecified atom stereocenters. The Morgan fingerprint density at radius 3 is 2.50 bits per heavy atom. The van der Waals surface area contributed by atoms with Gasteiger partial charge in [0.2, 0.25) is 0 Å². The third-order valence-corrected chi connectivity index (χ3v) is 3.00. The molecule has 0 aliphatic carbocycles. The quantitative estimate of drug-likeness (QED) is 0.820. The van der Waals surface area contributed by atoms with E-state index in [0.29, 0.717) is 0 Å². The van der Waals surface area contributed by atoms with Crippen molar-refractivity contribution in [3.05, 3.63) is 18.2 Å². The fourth-order valence-electron chi connectivity index (χ4n) is 0.839. The topological polar surface area (TPSA) is 18.5 Å². The highest BCUT2D eigenvalue weighted by Crippen LogP contribution is 2.35. The Kier molecular flexibility index (Phi) is 3.75. The molecule has 1 rings (SSSR count). The van der Waals surface area contributed by atoms with Gasteiger partial charge in [0.05, 0.1) is 19.1 Å². The molecule has 0 spiro atoms. The molecule has 4 heteroatoms. The first-order valence-electron chi connectivity index (χ1n) is 3.32. The molecule has 0 aliphatic heterocycles. The summed E-state index contributed by atoms with van der Waals surface area (Å²) in [6.45, 7) is 0. The molecule has 0 amide bonds. The van der Waals surface area contributed by atoms with Crippen LogP contribution in [-0.4, -0.2) is 14.2 Å². The van der Waals surface area contributed by atoms with Crippen molar-refractivity contribution in [2.24, 2.45) is 0 Å². The largest absolute Gasteiger partial charge is 0.497 e. The molecule has 0 heterocycles. The lowest BCUT2D eigenvalue weighted by atomic mass is 10.3. The van der Waals surface area contributed by atoms with Gasteiger partial charge in [0, 0.05) is 6.07 Å². The second-order valence-electron chi connectivity index (χ2n) is 2.09. The highest BCUT2D eigenvalue weighted by atomic mass is 79.9. The van der Waals surface area contributed by atoms with E-state index >= 15 is 0 Å². The van der Waals surface area contributed by atoms with Crippen LogP contribution in [0.1, 0.15) is 0 Å². The minimum atomic E-state index is 0.803. The molecule has 12 heavy (non-hydrogen) atoms. The van der Waals surface area contributed by atoms with Crippen LogP contribution >= 0.6 is 25.0 Å². The molecule has 1 aromatic carbocycles. The molecule has 0 atom stereocenters. The minimum Gasteiger partial charge on any atom is -0.497 e. The molecular formula is C8H9BrO2S. The van der Waals surface area contributed by atoms with Crippen LogP contribution in [0.3, 0.4) is 0 Å². The Hall–Kier alpha value is -0.350. The number of methoxy groups -OCH3 is 2. The van der Waals surface area contributed by atoms with Crippen molar-refractivity contribution in [3.8, 4) is 11.5 Å². The number of hydrogen-bond acceptors (Lipinski definition) is 3. The normalized spacial score (nSPS) is 9.58. The summed E-state index contributed by atoms with van der Waals surface area (Å²) >= 11 is 3.29. The second-order valence-corrected chi connectivity index (χ2v) is 3.66. The lowest BCUT2D eigenvalue weighted by Crippen LogP contribution is -1.87. The predicted octanol–water partition coefficient (Wildman–Crippen LogP) is 3.11. The van der Waals surface area contributed by atoms with E-state index in [-0.39, 0.29) is 0 Å². The van der Waals surface area contributed by atoms with Crippen molar-refractivity contribution in [3.63, 3.8) is 0 Å². The third-order valence-electron chi connectivity index (χ3n) is 1.45. The fourth-order valence-corrected chi connectivity index (χ4v) is 1.98. The second kappa shape index (κ2) is 4.62. The maximum Gasteiger partial charge on any atom is 0.136 e. The summed E-state index contributed by atoms with van der Waals surface area (Å²) in [6.07, 6.45) is 0. The molecule has 0 radical (unpaired) electrons. The van der Waals surface area contributed by atoms with Crippen molar-refractivity contribution < 1.29 is 9.47 Å². The Morgan fingerprint density at radius 1 is 1.25 bits per heavy atom. The number of halogens is 1. The Labute approximate surface area is 83.5 Å². The van der Waals surface area contributed by atoms with Gasteiger partial charge in [-0.1, -0.05) is 0 Å². The highest BCUT2D eigenvalue weighted by molar-refractivity contribution is 9.50. The van der Waals surface area contributed by atoms with Gasteiger partial charge < -0.3 is 9.47 Å². The van der Waals surface area contributed by atoms with Gasteiger partial charge in [-0.15, -0.1) is 0 Å².